The number of aryl methyl sites for hydroxylation is 2. The van der Waals surface area contributed by atoms with Gasteiger partial charge in [0.05, 0.1) is 0 Å². The van der Waals surface area contributed by atoms with Gasteiger partial charge < -0.3 is 10.6 Å². The van der Waals surface area contributed by atoms with Crippen LogP contribution < -0.4 is 10.6 Å². The number of anilines is 1. The average Bonchev–Trinajstić information content (AvgIpc) is 3.38. The highest BCUT2D eigenvalue weighted by Gasteiger charge is 2.49. The van der Waals surface area contributed by atoms with Crippen LogP contribution in [0.15, 0.2) is 72.8 Å². The van der Waals surface area contributed by atoms with Crippen molar-refractivity contribution >= 4 is 23.5 Å². The summed E-state index contributed by atoms with van der Waals surface area (Å²) in [6.07, 6.45) is 3.14. The maximum atomic E-state index is 13.2. The molecule has 6 nitrogen and oxygen atoms in total. The third-order valence-electron chi connectivity index (χ3n) is 6.53. The molecule has 0 radical (unpaired) electrons. The van der Waals surface area contributed by atoms with E-state index in [4.69, 9.17) is 0 Å². The number of nitrogens with zero attached hydrogens (tertiary/aromatic N) is 1. The molecule has 0 saturated carbocycles. The zero-order valence-corrected chi connectivity index (χ0v) is 18.4. The molecule has 0 spiro atoms. The first-order valence-corrected chi connectivity index (χ1v) is 11.2. The smallest absolute Gasteiger partial charge is 0.325 e. The van der Waals surface area contributed by atoms with Crippen LogP contribution in [0, 0.1) is 0 Å². The fourth-order valence-electron chi connectivity index (χ4n) is 4.64. The predicted molar refractivity (Wildman–Crippen MR) is 127 cm³/mol. The van der Waals surface area contributed by atoms with Gasteiger partial charge in [-0.25, -0.2) is 4.79 Å². The molecule has 1 aliphatic carbocycles. The van der Waals surface area contributed by atoms with Crippen LogP contribution in [0.1, 0.15) is 30.0 Å². The zero-order valence-electron chi connectivity index (χ0n) is 18.4. The third-order valence-corrected chi connectivity index (χ3v) is 6.53. The number of carbonyl (C=O) groups excluding carboxylic acids is 3. The first-order valence-electron chi connectivity index (χ1n) is 11.2. The Morgan fingerprint density at radius 3 is 2.39 bits per heavy atom. The van der Waals surface area contributed by atoms with E-state index in [-0.39, 0.29) is 6.54 Å². The van der Waals surface area contributed by atoms with E-state index in [0.29, 0.717) is 5.69 Å². The van der Waals surface area contributed by atoms with Crippen LogP contribution in [0.4, 0.5) is 10.5 Å². The molecule has 1 heterocycles. The summed E-state index contributed by atoms with van der Waals surface area (Å²) in [7, 11) is 0. The first-order chi connectivity index (χ1) is 15.9. The van der Waals surface area contributed by atoms with Gasteiger partial charge in [0.2, 0.25) is 5.91 Å². The highest BCUT2D eigenvalue weighted by Crippen LogP contribution is 2.32. The van der Waals surface area contributed by atoms with Gasteiger partial charge in [0.15, 0.2) is 0 Å². The highest BCUT2D eigenvalue weighted by atomic mass is 16.2. The second-order valence-electron chi connectivity index (χ2n) is 8.78. The lowest BCUT2D eigenvalue weighted by molar-refractivity contribution is -0.133. The van der Waals surface area contributed by atoms with Crippen molar-refractivity contribution in [2.75, 3.05) is 11.9 Å². The molecule has 166 valence electrons. The summed E-state index contributed by atoms with van der Waals surface area (Å²) in [5.41, 5.74) is 4.83. The number of hydrogen-bond acceptors (Lipinski definition) is 3. The monoisotopic (exact) mass is 439 g/mol. The molecule has 3 aromatic rings. The number of urea groups is 1. The van der Waals surface area contributed by atoms with E-state index in [0.717, 1.165) is 40.9 Å². The fourth-order valence-corrected chi connectivity index (χ4v) is 4.64. The number of imide groups is 1. The Hall–Kier alpha value is -3.93. The molecule has 4 amide bonds. The van der Waals surface area contributed by atoms with E-state index in [9.17, 15) is 14.4 Å². The van der Waals surface area contributed by atoms with E-state index in [1.54, 1.807) is 19.1 Å². The fraction of sp³-hybridized carbons (Fsp3) is 0.222. The van der Waals surface area contributed by atoms with Crippen molar-refractivity contribution in [2.45, 2.75) is 31.7 Å². The van der Waals surface area contributed by atoms with Crippen molar-refractivity contribution in [2.24, 2.45) is 0 Å². The van der Waals surface area contributed by atoms with Gasteiger partial charge in [-0.05, 0) is 66.1 Å². The van der Waals surface area contributed by atoms with Crippen LogP contribution >= 0.6 is 0 Å². The first kappa shape index (κ1) is 20.9. The third kappa shape index (κ3) is 3.89. The number of carbonyl (C=O) groups is 3. The summed E-state index contributed by atoms with van der Waals surface area (Å²) in [6, 6.07) is 22.8. The van der Waals surface area contributed by atoms with E-state index in [2.05, 4.69) is 10.6 Å². The molecule has 1 atom stereocenters. The van der Waals surface area contributed by atoms with E-state index >= 15 is 0 Å². The normalized spacial score (nSPS) is 19.4. The summed E-state index contributed by atoms with van der Waals surface area (Å²) in [6.45, 7) is 1.36. The Morgan fingerprint density at radius 1 is 0.939 bits per heavy atom. The van der Waals surface area contributed by atoms with Gasteiger partial charge in [-0.15, -0.1) is 0 Å². The van der Waals surface area contributed by atoms with Gasteiger partial charge in [-0.1, -0.05) is 60.7 Å². The van der Waals surface area contributed by atoms with Gasteiger partial charge in [-0.3, -0.25) is 14.5 Å². The van der Waals surface area contributed by atoms with Crippen LogP contribution in [-0.2, 0) is 28.0 Å². The Morgan fingerprint density at radius 2 is 1.64 bits per heavy atom. The molecule has 2 N–H and O–H groups in total. The second-order valence-corrected chi connectivity index (χ2v) is 8.78. The Kier molecular flexibility index (Phi) is 5.21. The second kappa shape index (κ2) is 8.20. The molecule has 3 aromatic carbocycles. The quantitative estimate of drug-likeness (QED) is 0.584. The minimum atomic E-state index is -1.17. The summed E-state index contributed by atoms with van der Waals surface area (Å²) in [5.74, 6) is -0.843. The van der Waals surface area contributed by atoms with Crippen molar-refractivity contribution in [1.82, 2.24) is 10.2 Å². The molecule has 0 aromatic heterocycles. The lowest BCUT2D eigenvalue weighted by atomic mass is 9.89. The minimum Gasteiger partial charge on any atom is -0.325 e. The van der Waals surface area contributed by atoms with Crippen molar-refractivity contribution in [3.05, 3.63) is 89.5 Å². The molecule has 1 saturated heterocycles. The predicted octanol–water partition coefficient (Wildman–Crippen LogP) is 4.25. The summed E-state index contributed by atoms with van der Waals surface area (Å²) < 4.78 is 0. The van der Waals surface area contributed by atoms with Crippen molar-refractivity contribution in [3.63, 3.8) is 0 Å². The van der Waals surface area contributed by atoms with E-state index < -0.39 is 23.4 Å². The Balaban J connectivity index is 1.27. The largest absolute Gasteiger partial charge is 0.325 e. The SMILES string of the molecule is C[C@]1(c2ccc3c(c2)CCC3)NC(=O)N(CC(=O)Nc2ccc(-c3ccccc3)cc2)C1=O. The molecular formula is C27H25N3O3. The van der Waals surface area contributed by atoms with E-state index in [1.807, 2.05) is 60.7 Å². The molecule has 6 heteroatoms. The molecule has 0 bridgehead atoms. The molecular weight excluding hydrogens is 414 g/mol. The molecule has 33 heavy (non-hydrogen) atoms. The van der Waals surface area contributed by atoms with E-state index in [1.165, 1.54) is 11.1 Å². The number of fused-ring (bicyclic) bond motifs is 1. The average molecular weight is 440 g/mol. The van der Waals surface area contributed by atoms with Gasteiger partial charge in [-0.2, -0.15) is 0 Å². The number of benzene rings is 3. The van der Waals surface area contributed by atoms with Gasteiger partial charge in [0.1, 0.15) is 12.1 Å². The van der Waals surface area contributed by atoms with Crippen molar-refractivity contribution in [3.8, 4) is 11.1 Å². The molecule has 2 aliphatic rings. The lowest BCUT2D eigenvalue weighted by Crippen LogP contribution is -2.42. The molecule has 1 fully saturated rings. The number of rotatable bonds is 5. The summed E-state index contributed by atoms with van der Waals surface area (Å²) >= 11 is 0. The maximum Gasteiger partial charge on any atom is 0.325 e. The summed E-state index contributed by atoms with van der Waals surface area (Å²) in [4.78, 5) is 39.4. The Bertz CT molecular complexity index is 1240. The number of amides is 4. The minimum absolute atomic E-state index is 0.342. The molecule has 1 aliphatic heterocycles. The highest BCUT2D eigenvalue weighted by molar-refractivity contribution is 6.10. The van der Waals surface area contributed by atoms with Gasteiger partial charge in [0.25, 0.3) is 5.91 Å². The van der Waals surface area contributed by atoms with Crippen molar-refractivity contribution in [1.29, 1.82) is 0 Å². The molecule has 5 rings (SSSR count). The maximum absolute atomic E-state index is 13.2. The Labute approximate surface area is 192 Å². The van der Waals surface area contributed by atoms with Crippen LogP contribution in [0.25, 0.3) is 11.1 Å². The topological polar surface area (TPSA) is 78.5 Å². The molecule has 0 unspecified atom stereocenters. The van der Waals surface area contributed by atoms with Crippen LogP contribution in [-0.4, -0.2) is 29.3 Å². The van der Waals surface area contributed by atoms with Gasteiger partial charge >= 0.3 is 6.03 Å². The number of hydrogen-bond donors (Lipinski definition) is 2. The summed E-state index contributed by atoms with van der Waals surface area (Å²) in [5, 5.41) is 5.57. The zero-order chi connectivity index (χ0) is 23.0. The lowest BCUT2D eigenvalue weighted by Gasteiger charge is -2.23. The van der Waals surface area contributed by atoms with Crippen LogP contribution in [0.5, 0.6) is 0 Å². The number of nitrogens with one attached hydrogen (secondary N) is 2. The standard InChI is InChI=1S/C27H25N3O3/c1-27(22-13-10-19-8-5-9-21(19)16-22)25(32)30(26(33)29-27)17-24(31)28-23-14-11-20(12-15-23)18-6-3-2-4-7-18/h2-4,6-7,10-16H,5,8-9,17H2,1H3,(H,28,31)(H,29,33)/t27-/m1/s1. The van der Waals surface area contributed by atoms with Crippen LogP contribution in [0.2, 0.25) is 0 Å². The van der Waals surface area contributed by atoms with Gasteiger partial charge in [0, 0.05) is 5.69 Å². The van der Waals surface area contributed by atoms with Crippen molar-refractivity contribution < 1.29 is 14.4 Å². The van der Waals surface area contributed by atoms with Crippen LogP contribution in [0.3, 0.4) is 0 Å².